The number of carbonyl (C=O) groups is 1. The van der Waals surface area contributed by atoms with Gasteiger partial charge in [-0.05, 0) is 55.5 Å². The molecule has 0 amide bonds. The van der Waals surface area contributed by atoms with Crippen molar-refractivity contribution >= 4 is 16.0 Å². The summed E-state index contributed by atoms with van der Waals surface area (Å²) in [5.74, 6) is -0.205. The van der Waals surface area contributed by atoms with Gasteiger partial charge in [-0.15, -0.1) is 0 Å². The van der Waals surface area contributed by atoms with Crippen LogP contribution in [0.5, 0.6) is 11.5 Å². The topological polar surface area (TPSA) is 81.7 Å². The molecule has 0 radical (unpaired) electrons. The lowest BCUT2D eigenvalue weighted by Crippen LogP contribution is -2.18. The van der Waals surface area contributed by atoms with Crippen molar-refractivity contribution in [1.82, 2.24) is 4.72 Å². The van der Waals surface area contributed by atoms with Gasteiger partial charge in [-0.3, -0.25) is 4.72 Å². The fourth-order valence-electron chi connectivity index (χ4n) is 1.78. The van der Waals surface area contributed by atoms with Gasteiger partial charge in [0, 0.05) is 12.3 Å². The van der Waals surface area contributed by atoms with Gasteiger partial charge in [0.15, 0.2) is 0 Å². The molecule has 0 heterocycles. The molecule has 0 aliphatic rings. The van der Waals surface area contributed by atoms with Crippen LogP contribution in [0.1, 0.15) is 6.92 Å². The van der Waals surface area contributed by atoms with E-state index >= 15 is 0 Å². The van der Waals surface area contributed by atoms with Gasteiger partial charge in [-0.2, -0.15) is 0 Å². The summed E-state index contributed by atoms with van der Waals surface area (Å²) in [6.07, 6.45) is 1.98. The molecular weight excluding hydrogens is 349 g/mol. The van der Waals surface area contributed by atoms with Gasteiger partial charge in [0.05, 0.1) is 11.5 Å². The maximum Gasteiger partial charge on any atom is 0.332 e. The molecule has 6 nitrogen and oxygen atoms in total. The Morgan fingerprint density at radius 1 is 1.08 bits per heavy atom. The molecule has 2 aromatic rings. The molecule has 2 aromatic carbocycles. The minimum atomic E-state index is -3.82. The summed E-state index contributed by atoms with van der Waals surface area (Å²) in [7, 11) is -3.82. The van der Waals surface area contributed by atoms with E-state index in [0.717, 1.165) is 12.3 Å². The number of benzene rings is 2. The van der Waals surface area contributed by atoms with E-state index in [1.54, 1.807) is 6.92 Å². The number of hydrogen-bond acceptors (Lipinski definition) is 5. The fraction of sp³-hybridized carbons (Fsp3) is 0.118. The van der Waals surface area contributed by atoms with Crippen molar-refractivity contribution in [2.45, 2.75) is 11.8 Å². The van der Waals surface area contributed by atoms with Gasteiger partial charge in [0.2, 0.25) is 0 Å². The maximum atomic E-state index is 12.8. The van der Waals surface area contributed by atoms with E-state index in [9.17, 15) is 17.6 Å². The smallest absolute Gasteiger partial charge is 0.332 e. The summed E-state index contributed by atoms with van der Waals surface area (Å²) in [6.45, 7) is 1.84. The van der Waals surface area contributed by atoms with Crippen LogP contribution in [0.3, 0.4) is 0 Å². The lowest BCUT2D eigenvalue weighted by molar-refractivity contribution is -0.137. The van der Waals surface area contributed by atoms with Gasteiger partial charge in [-0.25, -0.2) is 17.6 Å². The van der Waals surface area contributed by atoms with E-state index in [1.807, 2.05) is 0 Å². The Morgan fingerprint density at radius 2 is 1.64 bits per heavy atom. The predicted molar refractivity (Wildman–Crippen MR) is 89.0 cm³/mol. The third-order valence-electron chi connectivity index (χ3n) is 2.91. The molecule has 1 N–H and O–H groups in total. The second-order valence-corrected chi connectivity index (χ2v) is 6.45. The fourth-order valence-corrected chi connectivity index (χ4v) is 2.65. The molecule has 0 bridgehead atoms. The largest absolute Gasteiger partial charge is 0.463 e. The van der Waals surface area contributed by atoms with E-state index in [2.05, 4.69) is 9.46 Å². The van der Waals surface area contributed by atoms with E-state index in [4.69, 9.17) is 4.74 Å². The zero-order valence-electron chi connectivity index (χ0n) is 13.3. The molecule has 2 rings (SSSR count). The average Bonchev–Trinajstić information content (AvgIpc) is 2.57. The van der Waals surface area contributed by atoms with Crippen molar-refractivity contribution in [2.75, 3.05) is 6.61 Å². The number of hydrogen-bond donors (Lipinski definition) is 1. The third-order valence-corrected chi connectivity index (χ3v) is 4.25. The summed E-state index contributed by atoms with van der Waals surface area (Å²) in [5, 5.41) is 0. The Labute approximate surface area is 144 Å². The molecule has 0 aliphatic carbocycles. The van der Waals surface area contributed by atoms with Gasteiger partial charge in [0.1, 0.15) is 17.3 Å². The third kappa shape index (κ3) is 5.61. The number of ether oxygens (including phenoxy) is 2. The maximum absolute atomic E-state index is 12.8. The zero-order valence-corrected chi connectivity index (χ0v) is 14.1. The Morgan fingerprint density at radius 3 is 2.20 bits per heavy atom. The Hall–Kier alpha value is -2.87. The number of carbonyl (C=O) groups excluding carboxylic acids is 1. The summed E-state index contributed by atoms with van der Waals surface area (Å²) >= 11 is 0. The molecule has 0 saturated carbocycles. The SMILES string of the molecule is CCOC(=O)C=CNS(=O)(=O)c1ccc(Oc2ccc(F)cc2)cc1. The van der Waals surface area contributed by atoms with Crippen molar-refractivity contribution in [3.8, 4) is 11.5 Å². The highest BCUT2D eigenvalue weighted by atomic mass is 32.2. The van der Waals surface area contributed by atoms with Crippen LogP contribution in [0.15, 0.2) is 65.7 Å². The molecule has 8 heteroatoms. The number of esters is 1. The van der Waals surface area contributed by atoms with Crippen molar-refractivity contribution < 1.29 is 27.1 Å². The lowest BCUT2D eigenvalue weighted by Gasteiger charge is -2.07. The van der Waals surface area contributed by atoms with E-state index in [0.29, 0.717) is 11.5 Å². The van der Waals surface area contributed by atoms with E-state index < -0.39 is 16.0 Å². The van der Waals surface area contributed by atoms with Crippen molar-refractivity contribution in [1.29, 1.82) is 0 Å². The van der Waals surface area contributed by atoms with Crippen LogP contribution in [-0.4, -0.2) is 21.0 Å². The molecular formula is C17H16FNO5S. The Kier molecular flexibility index (Phi) is 6.13. The average molecular weight is 365 g/mol. The second kappa shape index (κ2) is 8.29. The van der Waals surface area contributed by atoms with Gasteiger partial charge >= 0.3 is 5.97 Å². The van der Waals surface area contributed by atoms with Crippen LogP contribution in [0.2, 0.25) is 0 Å². The molecule has 0 fully saturated rings. The highest BCUT2D eigenvalue weighted by molar-refractivity contribution is 7.89. The lowest BCUT2D eigenvalue weighted by atomic mass is 10.3. The van der Waals surface area contributed by atoms with Gasteiger partial charge < -0.3 is 9.47 Å². The van der Waals surface area contributed by atoms with Crippen molar-refractivity contribution in [3.63, 3.8) is 0 Å². The highest BCUT2D eigenvalue weighted by Gasteiger charge is 2.12. The highest BCUT2D eigenvalue weighted by Crippen LogP contribution is 2.23. The first-order valence-corrected chi connectivity index (χ1v) is 8.78. The molecule has 25 heavy (non-hydrogen) atoms. The van der Waals surface area contributed by atoms with Crippen LogP contribution in [-0.2, 0) is 19.6 Å². The number of nitrogens with one attached hydrogen (secondary N) is 1. The molecule has 0 aromatic heterocycles. The first-order valence-electron chi connectivity index (χ1n) is 7.30. The standard InChI is InChI=1S/C17H16FNO5S/c1-2-23-17(20)11-12-19-25(21,22)16-9-7-15(8-10-16)24-14-5-3-13(18)4-6-14/h3-12,19H,2H2,1H3. The van der Waals surface area contributed by atoms with Crippen LogP contribution >= 0.6 is 0 Å². The normalized spacial score (nSPS) is 11.3. The minimum Gasteiger partial charge on any atom is -0.463 e. The summed E-state index contributed by atoms with van der Waals surface area (Å²) in [6, 6.07) is 11.1. The van der Waals surface area contributed by atoms with Crippen LogP contribution in [0.4, 0.5) is 4.39 Å². The first-order chi connectivity index (χ1) is 11.9. The second-order valence-electron chi connectivity index (χ2n) is 4.73. The number of sulfonamides is 1. The Bertz CT molecular complexity index is 846. The number of rotatable bonds is 7. The van der Waals surface area contributed by atoms with Crippen molar-refractivity contribution in [3.05, 3.63) is 66.6 Å². The minimum absolute atomic E-state index is 0.00698. The summed E-state index contributed by atoms with van der Waals surface area (Å²) in [4.78, 5) is 11.1. The van der Waals surface area contributed by atoms with Crippen LogP contribution in [0.25, 0.3) is 0 Å². The van der Waals surface area contributed by atoms with Crippen LogP contribution < -0.4 is 9.46 Å². The van der Waals surface area contributed by atoms with Gasteiger partial charge in [-0.1, -0.05) is 0 Å². The molecule has 0 saturated heterocycles. The van der Waals surface area contributed by atoms with Crippen molar-refractivity contribution in [2.24, 2.45) is 0 Å². The van der Waals surface area contributed by atoms with E-state index in [-0.39, 0.29) is 17.3 Å². The van der Waals surface area contributed by atoms with E-state index in [1.165, 1.54) is 48.5 Å². The molecule has 0 spiro atoms. The number of halogens is 1. The summed E-state index contributed by atoms with van der Waals surface area (Å²) in [5.41, 5.74) is 0. The quantitative estimate of drug-likeness (QED) is 0.603. The predicted octanol–water partition coefficient (Wildman–Crippen LogP) is 2.97. The monoisotopic (exact) mass is 365 g/mol. The summed E-state index contributed by atoms with van der Waals surface area (Å²) < 4.78 is 49.3. The van der Waals surface area contributed by atoms with Crippen LogP contribution in [0, 0.1) is 5.82 Å². The molecule has 0 aliphatic heterocycles. The molecule has 0 unspecified atom stereocenters. The van der Waals surface area contributed by atoms with Gasteiger partial charge in [0.25, 0.3) is 10.0 Å². The molecule has 0 atom stereocenters. The Balaban J connectivity index is 2.02. The first kappa shape index (κ1) is 18.5. The molecule has 132 valence electrons. The zero-order chi connectivity index (χ0) is 18.3.